The molecule has 1 aliphatic rings. The maximum atomic E-state index is 10.8. The van der Waals surface area contributed by atoms with Gasteiger partial charge in [-0.2, -0.15) is 0 Å². The Balaban J connectivity index is 2.00. The van der Waals surface area contributed by atoms with Gasteiger partial charge in [-0.1, -0.05) is 44.2 Å². The van der Waals surface area contributed by atoms with Gasteiger partial charge in [-0.3, -0.25) is 4.79 Å². The zero-order valence-corrected chi connectivity index (χ0v) is 10.5. The van der Waals surface area contributed by atoms with Gasteiger partial charge in [-0.25, -0.2) is 0 Å². The summed E-state index contributed by atoms with van der Waals surface area (Å²) in [6.07, 6.45) is 0.0702. The predicted molar refractivity (Wildman–Crippen MR) is 64.5 cm³/mol. The summed E-state index contributed by atoms with van der Waals surface area (Å²) in [7, 11) is 0. The monoisotopic (exact) mass is 234 g/mol. The fourth-order valence-corrected chi connectivity index (χ4v) is 2.19. The fraction of sp³-hybridized carbons (Fsp3) is 0.500. The normalized spacial score (nSPS) is 26.1. The highest BCUT2D eigenvalue weighted by Crippen LogP contribution is 2.50. The molecule has 0 aromatic heterocycles. The van der Waals surface area contributed by atoms with Crippen LogP contribution in [0, 0.1) is 5.41 Å². The number of carbonyl (C=O) groups is 1. The molecule has 1 heterocycles. The van der Waals surface area contributed by atoms with E-state index in [9.17, 15) is 4.79 Å². The van der Waals surface area contributed by atoms with E-state index in [1.54, 1.807) is 0 Å². The van der Waals surface area contributed by atoms with Gasteiger partial charge < -0.3 is 9.47 Å². The van der Waals surface area contributed by atoms with Crippen LogP contribution in [-0.2, 0) is 14.3 Å². The zero-order valence-electron chi connectivity index (χ0n) is 10.5. The summed E-state index contributed by atoms with van der Waals surface area (Å²) < 4.78 is 10.8. The van der Waals surface area contributed by atoms with Gasteiger partial charge >= 0.3 is 5.97 Å². The third kappa shape index (κ3) is 2.34. The summed E-state index contributed by atoms with van der Waals surface area (Å²) in [5, 5.41) is 0. The molecule has 0 N–H and O–H groups in total. The van der Waals surface area contributed by atoms with E-state index in [-0.39, 0.29) is 23.6 Å². The van der Waals surface area contributed by atoms with Crippen molar-refractivity contribution in [2.45, 2.75) is 33.0 Å². The topological polar surface area (TPSA) is 35.5 Å². The first-order valence-corrected chi connectivity index (χ1v) is 5.85. The van der Waals surface area contributed by atoms with Gasteiger partial charge in [-0.15, -0.1) is 0 Å². The molecule has 1 aromatic carbocycles. The second-order valence-corrected chi connectivity index (χ2v) is 5.04. The highest BCUT2D eigenvalue weighted by atomic mass is 16.6. The van der Waals surface area contributed by atoms with Crippen LogP contribution in [0.5, 0.6) is 0 Å². The Morgan fingerprint density at radius 3 is 2.53 bits per heavy atom. The molecule has 1 aromatic rings. The molecule has 2 atom stereocenters. The van der Waals surface area contributed by atoms with E-state index >= 15 is 0 Å². The summed E-state index contributed by atoms with van der Waals surface area (Å²) >= 11 is 0. The lowest BCUT2D eigenvalue weighted by Gasteiger charge is -2.51. The first-order valence-electron chi connectivity index (χ1n) is 5.85. The summed E-state index contributed by atoms with van der Waals surface area (Å²) in [5.41, 5.74) is 1.17. The van der Waals surface area contributed by atoms with Crippen molar-refractivity contribution in [1.29, 1.82) is 0 Å². The molecule has 3 heteroatoms. The molecular formula is C14H18O3. The minimum Gasteiger partial charge on any atom is -0.463 e. The molecule has 1 aliphatic heterocycles. The second-order valence-electron chi connectivity index (χ2n) is 5.04. The average Bonchev–Trinajstić information content (AvgIpc) is 2.28. The van der Waals surface area contributed by atoms with Crippen molar-refractivity contribution in [2.24, 2.45) is 5.41 Å². The molecule has 0 aliphatic carbocycles. The molecule has 0 spiro atoms. The van der Waals surface area contributed by atoms with Crippen LogP contribution in [0.2, 0.25) is 0 Å². The third-order valence-electron chi connectivity index (χ3n) is 3.35. The Labute approximate surface area is 102 Å². The van der Waals surface area contributed by atoms with Crippen LogP contribution in [0.1, 0.15) is 32.4 Å². The summed E-state index contributed by atoms with van der Waals surface area (Å²) in [5.74, 6) is -0.257. The summed E-state index contributed by atoms with van der Waals surface area (Å²) in [6, 6.07) is 10.1. The predicted octanol–water partition coefficient (Wildman–Crippen LogP) is 2.72. The molecule has 0 bridgehead atoms. The molecular weight excluding hydrogens is 216 g/mol. The zero-order chi connectivity index (χ0) is 12.5. The van der Waals surface area contributed by atoms with E-state index in [4.69, 9.17) is 9.47 Å². The van der Waals surface area contributed by atoms with Crippen LogP contribution in [0.25, 0.3) is 0 Å². The van der Waals surface area contributed by atoms with Crippen LogP contribution in [0.3, 0.4) is 0 Å². The van der Waals surface area contributed by atoms with E-state index in [0.29, 0.717) is 6.61 Å². The van der Waals surface area contributed by atoms with Crippen LogP contribution in [-0.4, -0.2) is 18.7 Å². The molecule has 1 fully saturated rings. The number of rotatable bonds is 3. The SMILES string of the molecule is CC(=O)OC[C@H]1O[C@@H](c2ccccc2)C1(C)C. The van der Waals surface area contributed by atoms with Crippen molar-refractivity contribution in [3.63, 3.8) is 0 Å². The fourth-order valence-electron chi connectivity index (χ4n) is 2.19. The smallest absolute Gasteiger partial charge is 0.302 e. The Bertz CT molecular complexity index is 397. The molecule has 0 saturated carbocycles. The Hall–Kier alpha value is -1.35. The van der Waals surface area contributed by atoms with Crippen molar-refractivity contribution in [2.75, 3.05) is 6.61 Å². The second kappa shape index (κ2) is 4.49. The van der Waals surface area contributed by atoms with Crippen LogP contribution in [0.4, 0.5) is 0 Å². The third-order valence-corrected chi connectivity index (χ3v) is 3.35. The lowest BCUT2D eigenvalue weighted by molar-refractivity contribution is -0.253. The Morgan fingerprint density at radius 2 is 2.00 bits per heavy atom. The molecule has 3 nitrogen and oxygen atoms in total. The molecule has 0 unspecified atom stereocenters. The Morgan fingerprint density at radius 1 is 1.35 bits per heavy atom. The lowest BCUT2D eigenvalue weighted by atomic mass is 9.72. The number of hydrogen-bond donors (Lipinski definition) is 0. The van der Waals surface area contributed by atoms with Gasteiger partial charge in [-0.05, 0) is 5.56 Å². The minimum atomic E-state index is -0.257. The molecule has 2 rings (SSSR count). The van der Waals surface area contributed by atoms with Crippen molar-refractivity contribution in [1.82, 2.24) is 0 Å². The van der Waals surface area contributed by atoms with Gasteiger partial charge in [0.25, 0.3) is 0 Å². The average molecular weight is 234 g/mol. The molecule has 17 heavy (non-hydrogen) atoms. The van der Waals surface area contributed by atoms with Gasteiger partial charge in [0.1, 0.15) is 12.7 Å². The highest BCUT2D eigenvalue weighted by Gasteiger charge is 2.50. The quantitative estimate of drug-likeness (QED) is 0.754. The molecule has 1 saturated heterocycles. The first kappa shape index (κ1) is 12.1. The van der Waals surface area contributed by atoms with E-state index in [1.165, 1.54) is 12.5 Å². The lowest BCUT2D eigenvalue weighted by Crippen LogP contribution is -2.52. The number of ether oxygens (including phenoxy) is 2. The minimum absolute atomic E-state index is 0.00317. The molecule has 0 radical (unpaired) electrons. The largest absolute Gasteiger partial charge is 0.463 e. The van der Waals surface area contributed by atoms with Crippen LogP contribution >= 0.6 is 0 Å². The maximum Gasteiger partial charge on any atom is 0.302 e. The van der Waals surface area contributed by atoms with E-state index in [0.717, 1.165) is 0 Å². The number of benzene rings is 1. The van der Waals surface area contributed by atoms with Gasteiger partial charge in [0, 0.05) is 12.3 Å². The Kier molecular flexibility index (Phi) is 3.20. The summed E-state index contributed by atoms with van der Waals surface area (Å²) in [6.45, 7) is 6.04. The van der Waals surface area contributed by atoms with Gasteiger partial charge in [0.15, 0.2) is 0 Å². The highest BCUT2D eigenvalue weighted by molar-refractivity contribution is 5.65. The number of hydrogen-bond acceptors (Lipinski definition) is 3. The van der Waals surface area contributed by atoms with E-state index < -0.39 is 0 Å². The van der Waals surface area contributed by atoms with Crippen molar-refractivity contribution >= 4 is 5.97 Å². The number of esters is 1. The van der Waals surface area contributed by atoms with Crippen molar-refractivity contribution < 1.29 is 14.3 Å². The molecule has 92 valence electrons. The standard InChI is InChI=1S/C14H18O3/c1-10(15)16-9-12-14(2,3)13(17-12)11-7-5-4-6-8-11/h4-8,12-13H,9H2,1-3H3/t12-,13+/m1/s1. The maximum absolute atomic E-state index is 10.8. The van der Waals surface area contributed by atoms with E-state index in [1.807, 2.05) is 18.2 Å². The van der Waals surface area contributed by atoms with Crippen molar-refractivity contribution in [3.05, 3.63) is 35.9 Å². The van der Waals surface area contributed by atoms with Gasteiger partial charge in [0.2, 0.25) is 0 Å². The molecule has 0 amide bonds. The van der Waals surface area contributed by atoms with E-state index in [2.05, 4.69) is 26.0 Å². The van der Waals surface area contributed by atoms with Gasteiger partial charge in [0.05, 0.1) is 6.10 Å². The van der Waals surface area contributed by atoms with Crippen LogP contribution in [0.15, 0.2) is 30.3 Å². The number of carbonyl (C=O) groups excluding carboxylic acids is 1. The first-order chi connectivity index (χ1) is 8.01. The summed E-state index contributed by atoms with van der Waals surface area (Å²) in [4.78, 5) is 10.8. The van der Waals surface area contributed by atoms with Crippen molar-refractivity contribution in [3.8, 4) is 0 Å². The van der Waals surface area contributed by atoms with Crippen LogP contribution < -0.4 is 0 Å².